The number of amides is 4. The highest BCUT2D eigenvalue weighted by Gasteiger charge is 2.30. The van der Waals surface area contributed by atoms with Gasteiger partial charge in [0.2, 0.25) is 5.91 Å². The molecule has 124 valence electrons. The topological polar surface area (TPSA) is 87.3 Å². The van der Waals surface area contributed by atoms with Gasteiger partial charge in [-0.05, 0) is 24.1 Å². The zero-order valence-corrected chi connectivity index (χ0v) is 11.9. The number of imide groups is 1. The summed E-state index contributed by atoms with van der Waals surface area (Å²) in [6, 6.07) is 3.13. The van der Waals surface area contributed by atoms with Gasteiger partial charge >= 0.3 is 12.2 Å². The van der Waals surface area contributed by atoms with Crippen molar-refractivity contribution in [2.75, 3.05) is 0 Å². The van der Waals surface area contributed by atoms with Gasteiger partial charge in [-0.25, -0.2) is 4.79 Å². The maximum Gasteiger partial charge on any atom is 0.416 e. The van der Waals surface area contributed by atoms with E-state index >= 15 is 0 Å². The first-order valence-electron chi connectivity index (χ1n) is 6.80. The number of hydrogen-bond acceptors (Lipinski definition) is 3. The van der Waals surface area contributed by atoms with E-state index in [2.05, 4.69) is 16.0 Å². The van der Waals surface area contributed by atoms with Crippen LogP contribution < -0.4 is 16.0 Å². The van der Waals surface area contributed by atoms with Crippen molar-refractivity contribution >= 4 is 17.8 Å². The summed E-state index contributed by atoms with van der Waals surface area (Å²) in [5, 5.41) is 6.96. The molecule has 1 unspecified atom stereocenters. The Morgan fingerprint density at radius 2 is 1.83 bits per heavy atom. The van der Waals surface area contributed by atoms with Gasteiger partial charge in [-0.2, -0.15) is 13.2 Å². The first-order chi connectivity index (χ1) is 10.8. The highest BCUT2D eigenvalue weighted by atomic mass is 19.4. The molecule has 0 bridgehead atoms. The van der Waals surface area contributed by atoms with E-state index in [-0.39, 0.29) is 25.3 Å². The Labute approximate surface area is 129 Å². The van der Waals surface area contributed by atoms with E-state index in [1.54, 1.807) is 0 Å². The predicted molar refractivity (Wildman–Crippen MR) is 73.0 cm³/mol. The van der Waals surface area contributed by atoms with Crippen LogP contribution in [0, 0.1) is 0 Å². The van der Waals surface area contributed by atoms with Gasteiger partial charge in [-0.1, -0.05) is 12.1 Å². The number of rotatable bonds is 5. The average molecular weight is 329 g/mol. The van der Waals surface area contributed by atoms with E-state index < -0.39 is 29.7 Å². The van der Waals surface area contributed by atoms with Crippen molar-refractivity contribution in [2.45, 2.75) is 31.6 Å². The van der Waals surface area contributed by atoms with Gasteiger partial charge in [0.1, 0.15) is 6.04 Å². The Bertz CT molecular complexity index is 614. The van der Waals surface area contributed by atoms with Crippen LogP contribution in [-0.4, -0.2) is 23.9 Å². The molecule has 4 amide bonds. The molecular formula is C14H14F3N3O3. The molecule has 9 heteroatoms. The van der Waals surface area contributed by atoms with E-state index in [0.29, 0.717) is 5.56 Å². The van der Waals surface area contributed by atoms with Crippen molar-refractivity contribution in [3.8, 4) is 0 Å². The molecule has 1 aliphatic rings. The maximum absolute atomic E-state index is 12.4. The quantitative estimate of drug-likeness (QED) is 0.712. The molecule has 1 aromatic rings. The first kappa shape index (κ1) is 16.8. The van der Waals surface area contributed by atoms with Gasteiger partial charge < -0.3 is 10.6 Å². The maximum atomic E-state index is 12.4. The Hall–Kier alpha value is -2.58. The first-order valence-corrected chi connectivity index (χ1v) is 6.80. The van der Waals surface area contributed by atoms with Crippen LogP contribution in [0.3, 0.4) is 0 Å². The van der Waals surface area contributed by atoms with Crippen molar-refractivity contribution in [1.82, 2.24) is 16.0 Å². The van der Waals surface area contributed by atoms with Gasteiger partial charge in [-0.15, -0.1) is 0 Å². The molecule has 0 spiro atoms. The second kappa shape index (κ2) is 6.67. The normalized spacial score (nSPS) is 17.6. The Morgan fingerprint density at radius 3 is 2.35 bits per heavy atom. The molecule has 0 saturated carbocycles. The van der Waals surface area contributed by atoms with Crippen LogP contribution in [-0.2, 0) is 22.3 Å². The minimum atomic E-state index is -4.39. The predicted octanol–water partition coefficient (Wildman–Crippen LogP) is 1.31. The van der Waals surface area contributed by atoms with Crippen LogP contribution in [0.1, 0.15) is 24.0 Å². The molecule has 1 aliphatic heterocycles. The van der Waals surface area contributed by atoms with Crippen molar-refractivity contribution in [1.29, 1.82) is 0 Å². The fraction of sp³-hybridized carbons (Fsp3) is 0.357. The largest absolute Gasteiger partial charge is 0.416 e. The lowest BCUT2D eigenvalue weighted by Gasteiger charge is -2.09. The lowest BCUT2D eigenvalue weighted by molar-refractivity contribution is -0.137. The highest BCUT2D eigenvalue weighted by Crippen LogP contribution is 2.29. The van der Waals surface area contributed by atoms with Crippen LogP contribution in [0.5, 0.6) is 0 Å². The number of carbonyl (C=O) groups excluding carboxylic acids is 3. The fourth-order valence-corrected chi connectivity index (χ4v) is 2.04. The molecular weight excluding hydrogens is 315 g/mol. The SMILES string of the molecule is O=C(CCC1NC(=O)NC1=O)NCc1ccc(C(F)(F)F)cc1. The Balaban J connectivity index is 1.76. The van der Waals surface area contributed by atoms with Gasteiger partial charge in [0.25, 0.3) is 5.91 Å². The molecule has 6 nitrogen and oxygen atoms in total. The molecule has 1 heterocycles. The van der Waals surface area contributed by atoms with Crippen LogP contribution in [0.4, 0.5) is 18.0 Å². The summed E-state index contributed by atoms with van der Waals surface area (Å²) in [4.78, 5) is 33.8. The van der Waals surface area contributed by atoms with E-state index in [0.717, 1.165) is 12.1 Å². The van der Waals surface area contributed by atoms with Crippen LogP contribution in [0.2, 0.25) is 0 Å². The number of hydrogen-bond donors (Lipinski definition) is 3. The molecule has 2 rings (SSSR count). The molecule has 1 saturated heterocycles. The second-order valence-electron chi connectivity index (χ2n) is 5.03. The average Bonchev–Trinajstić information content (AvgIpc) is 2.80. The third-order valence-electron chi connectivity index (χ3n) is 3.29. The van der Waals surface area contributed by atoms with Crippen LogP contribution in [0.25, 0.3) is 0 Å². The second-order valence-corrected chi connectivity index (χ2v) is 5.03. The minimum Gasteiger partial charge on any atom is -0.352 e. The van der Waals surface area contributed by atoms with E-state index in [1.807, 2.05) is 0 Å². The molecule has 0 radical (unpaired) electrons. The van der Waals surface area contributed by atoms with E-state index in [9.17, 15) is 27.6 Å². The molecule has 1 fully saturated rings. The van der Waals surface area contributed by atoms with Gasteiger partial charge in [-0.3, -0.25) is 14.9 Å². The Kier molecular flexibility index (Phi) is 4.87. The third-order valence-corrected chi connectivity index (χ3v) is 3.29. The number of nitrogens with one attached hydrogen (secondary N) is 3. The van der Waals surface area contributed by atoms with Crippen LogP contribution in [0.15, 0.2) is 24.3 Å². The third kappa shape index (κ3) is 4.70. The summed E-state index contributed by atoms with van der Waals surface area (Å²) in [7, 11) is 0. The Morgan fingerprint density at radius 1 is 1.17 bits per heavy atom. The highest BCUT2D eigenvalue weighted by molar-refractivity contribution is 6.04. The fourth-order valence-electron chi connectivity index (χ4n) is 2.04. The molecule has 23 heavy (non-hydrogen) atoms. The van der Waals surface area contributed by atoms with Crippen molar-refractivity contribution < 1.29 is 27.6 Å². The van der Waals surface area contributed by atoms with Gasteiger partial charge in [0.05, 0.1) is 5.56 Å². The summed E-state index contributed by atoms with van der Waals surface area (Å²) in [5.74, 6) is -0.843. The molecule has 1 atom stereocenters. The van der Waals surface area contributed by atoms with Crippen molar-refractivity contribution in [2.24, 2.45) is 0 Å². The molecule has 3 N–H and O–H groups in total. The number of halogens is 3. The van der Waals surface area contributed by atoms with Gasteiger partial charge in [0, 0.05) is 13.0 Å². The smallest absolute Gasteiger partial charge is 0.352 e. The standard InChI is InChI=1S/C14H14F3N3O3/c15-14(16,17)9-3-1-8(2-4-9)7-18-11(21)6-5-10-12(22)20-13(23)19-10/h1-4,10H,5-7H2,(H,18,21)(H2,19,20,22,23). The number of benzene rings is 1. The summed E-state index contributed by atoms with van der Waals surface area (Å²) >= 11 is 0. The lowest BCUT2D eigenvalue weighted by Crippen LogP contribution is -2.31. The molecule has 0 aliphatic carbocycles. The summed E-state index contributed by atoms with van der Waals surface area (Å²) in [6.45, 7) is 0.0835. The zero-order valence-electron chi connectivity index (χ0n) is 11.9. The molecule has 1 aromatic carbocycles. The summed E-state index contributed by atoms with van der Waals surface area (Å²) in [5.41, 5.74) is -0.228. The van der Waals surface area contributed by atoms with Crippen molar-refractivity contribution in [3.05, 3.63) is 35.4 Å². The zero-order chi connectivity index (χ0) is 17.0. The molecule has 0 aromatic heterocycles. The lowest BCUT2D eigenvalue weighted by atomic mass is 10.1. The van der Waals surface area contributed by atoms with E-state index in [1.165, 1.54) is 12.1 Å². The monoisotopic (exact) mass is 329 g/mol. The number of carbonyl (C=O) groups is 3. The number of alkyl halides is 3. The van der Waals surface area contributed by atoms with Crippen LogP contribution >= 0.6 is 0 Å². The van der Waals surface area contributed by atoms with Gasteiger partial charge in [0.15, 0.2) is 0 Å². The summed E-state index contributed by atoms with van der Waals surface area (Å²) in [6.07, 6.45) is -4.23. The van der Waals surface area contributed by atoms with E-state index in [4.69, 9.17) is 0 Å². The minimum absolute atomic E-state index is 0.0129. The summed E-state index contributed by atoms with van der Waals surface area (Å²) < 4.78 is 37.2. The number of urea groups is 1. The van der Waals surface area contributed by atoms with Crippen molar-refractivity contribution in [3.63, 3.8) is 0 Å².